The van der Waals surface area contributed by atoms with Crippen LogP contribution in [0.25, 0.3) is 0 Å². The molecule has 3 aliphatic heterocycles. The van der Waals surface area contributed by atoms with E-state index in [0.717, 1.165) is 57.4 Å². The maximum Gasteiger partial charge on any atom is 0.229 e. The van der Waals surface area contributed by atoms with Crippen LogP contribution < -0.4 is 10.2 Å². The van der Waals surface area contributed by atoms with Gasteiger partial charge in [0.25, 0.3) is 0 Å². The number of fused-ring (bicyclic) bond motifs is 1. The molecule has 34 heavy (non-hydrogen) atoms. The largest absolute Gasteiger partial charge is 0.370 e. The Morgan fingerprint density at radius 3 is 2.76 bits per heavy atom. The lowest BCUT2D eigenvalue weighted by Gasteiger charge is -2.34. The first-order valence-electron chi connectivity index (χ1n) is 12.2. The van der Waals surface area contributed by atoms with Crippen LogP contribution in [0, 0.1) is 34.4 Å². The van der Waals surface area contributed by atoms with Crippen molar-refractivity contribution >= 4 is 23.7 Å². The van der Waals surface area contributed by atoms with Crippen molar-refractivity contribution in [2.45, 2.75) is 38.5 Å². The molecule has 1 unspecified atom stereocenters. The van der Waals surface area contributed by atoms with E-state index in [2.05, 4.69) is 21.3 Å². The van der Waals surface area contributed by atoms with Gasteiger partial charge in [-0.3, -0.25) is 14.6 Å². The molecule has 5 rings (SSSR count). The van der Waals surface area contributed by atoms with Crippen LogP contribution in [-0.2, 0) is 9.59 Å². The third-order valence-corrected chi connectivity index (χ3v) is 7.79. The number of amides is 2. The first-order valence-corrected chi connectivity index (χ1v) is 12.2. The lowest BCUT2D eigenvalue weighted by Crippen LogP contribution is -2.41. The molecule has 1 saturated carbocycles. The summed E-state index contributed by atoms with van der Waals surface area (Å²) in [6.45, 7) is 3.50. The van der Waals surface area contributed by atoms with Gasteiger partial charge >= 0.3 is 0 Å². The number of benzene rings is 1. The van der Waals surface area contributed by atoms with Gasteiger partial charge in [-0.15, -0.1) is 0 Å². The summed E-state index contributed by atoms with van der Waals surface area (Å²) in [5.74, 6) is 0.414. The number of halogens is 1. The third-order valence-electron chi connectivity index (χ3n) is 7.79. The highest BCUT2D eigenvalue weighted by Crippen LogP contribution is 2.51. The molecule has 0 spiro atoms. The Bertz CT molecular complexity index is 1080. The second-order valence-corrected chi connectivity index (χ2v) is 10.1. The van der Waals surface area contributed by atoms with Crippen molar-refractivity contribution in [3.8, 4) is 6.07 Å². The maximum atomic E-state index is 13.4. The monoisotopic (exact) mass is 463 g/mol. The molecule has 0 radical (unpaired) electrons. The summed E-state index contributed by atoms with van der Waals surface area (Å²) in [4.78, 5) is 34.2. The highest BCUT2D eigenvalue weighted by Gasteiger charge is 2.54. The summed E-state index contributed by atoms with van der Waals surface area (Å²) in [6.07, 6.45) is 8.30. The van der Waals surface area contributed by atoms with Gasteiger partial charge in [-0.25, -0.2) is 4.39 Å². The molecule has 2 amide bonds. The van der Waals surface area contributed by atoms with Crippen LogP contribution >= 0.6 is 0 Å². The first-order chi connectivity index (χ1) is 16.5. The smallest absolute Gasteiger partial charge is 0.229 e. The standard InChI is InChI=1S/C26H30FN5O2/c27-22-1-2-23(20(11-22)13-28)31-9-4-18(5-10-31)14-30-24(33)12-26(6-7-26)25(34)32-16-19-3-8-29-15-21(19)17-32/h1-2,8,11,15,18-19H,3-7,9-10,12,14,16-17H2,(H,30,33). The SMILES string of the molecule is N#Cc1cc(F)ccc1N1CCC(CNC(=O)CC2(C(=O)N3CC4=CN=CCC4C3)CC2)CC1. The normalized spacial score (nSPS) is 23.2. The van der Waals surface area contributed by atoms with Crippen molar-refractivity contribution in [2.75, 3.05) is 37.6 Å². The van der Waals surface area contributed by atoms with Gasteiger partial charge < -0.3 is 15.1 Å². The average molecular weight is 464 g/mol. The molecule has 7 nitrogen and oxygen atoms in total. The predicted molar refractivity (Wildman–Crippen MR) is 127 cm³/mol. The Hall–Kier alpha value is -3.21. The molecule has 4 aliphatic rings. The van der Waals surface area contributed by atoms with Crippen LogP contribution in [0.1, 0.15) is 44.1 Å². The summed E-state index contributed by atoms with van der Waals surface area (Å²) in [5.41, 5.74) is 1.83. The number of nitrogens with one attached hydrogen (secondary N) is 1. The molecular formula is C26H30FN5O2. The number of rotatable bonds is 6. The zero-order chi connectivity index (χ0) is 23.7. The fourth-order valence-electron chi connectivity index (χ4n) is 5.49. The summed E-state index contributed by atoms with van der Waals surface area (Å²) in [6, 6.07) is 6.41. The summed E-state index contributed by atoms with van der Waals surface area (Å²) >= 11 is 0. The molecule has 8 heteroatoms. The van der Waals surface area contributed by atoms with Gasteiger partial charge in [0.2, 0.25) is 11.8 Å². The molecule has 0 aromatic heterocycles. The maximum absolute atomic E-state index is 13.4. The van der Waals surface area contributed by atoms with Crippen LogP contribution in [0.5, 0.6) is 0 Å². The Balaban J connectivity index is 1.08. The molecule has 3 heterocycles. The quantitative estimate of drug-likeness (QED) is 0.702. The van der Waals surface area contributed by atoms with Gasteiger partial charge in [-0.05, 0) is 61.8 Å². The number of nitriles is 1. The lowest BCUT2D eigenvalue weighted by atomic mass is 9.95. The van der Waals surface area contributed by atoms with E-state index in [4.69, 9.17) is 0 Å². The highest BCUT2D eigenvalue weighted by molar-refractivity contribution is 5.91. The molecule has 1 aromatic carbocycles. The molecular weight excluding hydrogens is 433 g/mol. The van der Waals surface area contributed by atoms with Gasteiger partial charge in [0, 0.05) is 57.5 Å². The summed E-state index contributed by atoms with van der Waals surface area (Å²) < 4.78 is 13.4. The number of carbonyl (C=O) groups is 2. The van der Waals surface area contributed by atoms with Gasteiger partial charge in [0.05, 0.1) is 16.7 Å². The number of nitrogens with zero attached hydrogens (tertiary/aromatic N) is 4. The van der Waals surface area contributed by atoms with E-state index < -0.39 is 11.2 Å². The third kappa shape index (κ3) is 4.56. The highest BCUT2D eigenvalue weighted by atomic mass is 19.1. The van der Waals surface area contributed by atoms with Crippen LogP contribution in [0.2, 0.25) is 0 Å². The van der Waals surface area contributed by atoms with Crippen LogP contribution in [0.3, 0.4) is 0 Å². The minimum Gasteiger partial charge on any atom is -0.370 e. The van der Waals surface area contributed by atoms with Crippen molar-refractivity contribution in [1.29, 1.82) is 5.26 Å². The van der Waals surface area contributed by atoms with Crippen LogP contribution in [0.15, 0.2) is 35.0 Å². The first kappa shape index (κ1) is 22.6. The van der Waals surface area contributed by atoms with Gasteiger partial charge in [0.1, 0.15) is 11.9 Å². The van der Waals surface area contributed by atoms with Gasteiger partial charge in [0.15, 0.2) is 0 Å². The number of aliphatic imine (C=N–C) groups is 1. The topological polar surface area (TPSA) is 88.8 Å². The molecule has 178 valence electrons. The Kier molecular flexibility index (Phi) is 6.11. The van der Waals surface area contributed by atoms with E-state index in [0.29, 0.717) is 30.5 Å². The van der Waals surface area contributed by atoms with Gasteiger partial charge in [-0.2, -0.15) is 5.26 Å². The summed E-state index contributed by atoms with van der Waals surface area (Å²) in [7, 11) is 0. The Labute approximate surface area is 199 Å². The molecule has 1 aromatic rings. The minimum atomic E-state index is -0.515. The minimum absolute atomic E-state index is 0.0438. The summed E-state index contributed by atoms with van der Waals surface area (Å²) in [5, 5.41) is 12.4. The number of piperidine rings is 1. The van der Waals surface area contributed by atoms with Crippen molar-refractivity contribution in [3.05, 3.63) is 41.4 Å². The van der Waals surface area contributed by atoms with Crippen LogP contribution in [-0.4, -0.2) is 55.7 Å². The van der Waals surface area contributed by atoms with Crippen molar-refractivity contribution in [1.82, 2.24) is 10.2 Å². The van der Waals surface area contributed by atoms with E-state index in [1.54, 1.807) is 6.07 Å². The molecule has 1 N–H and O–H groups in total. The Morgan fingerprint density at radius 1 is 1.26 bits per heavy atom. The zero-order valence-electron chi connectivity index (χ0n) is 19.3. The van der Waals surface area contributed by atoms with Crippen molar-refractivity contribution in [3.63, 3.8) is 0 Å². The molecule has 1 atom stereocenters. The number of carbonyl (C=O) groups excluding carboxylic acids is 2. The van der Waals surface area contributed by atoms with E-state index in [1.165, 1.54) is 17.7 Å². The van der Waals surface area contributed by atoms with Gasteiger partial charge in [-0.1, -0.05) is 0 Å². The molecule has 3 fully saturated rings. The van der Waals surface area contributed by atoms with Crippen molar-refractivity contribution in [2.24, 2.45) is 22.2 Å². The number of hydrogen-bond donors (Lipinski definition) is 1. The second-order valence-electron chi connectivity index (χ2n) is 10.1. The fourth-order valence-corrected chi connectivity index (χ4v) is 5.49. The average Bonchev–Trinajstić information content (AvgIpc) is 3.50. The van der Waals surface area contributed by atoms with E-state index in [-0.39, 0.29) is 18.2 Å². The second kappa shape index (κ2) is 9.21. The van der Waals surface area contributed by atoms with E-state index >= 15 is 0 Å². The molecule has 0 bridgehead atoms. The lowest BCUT2D eigenvalue weighted by molar-refractivity contribution is -0.139. The predicted octanol–water partition coefficient (Wildman–Crippen LogP) is 3.02. The van der Waals surface area contributed by atoms with E-state index in [1.807, 2.05) is 17.3 Å². The number of anilines is 1. The van der Waals surface area contributed by atoms with Crippen LogP contribution in [0.4, 0.5) is 10.1 Å². The Morgan fingerprint density at radius 2 is 2.06 bits per heavy atom. The fraction of sp³-hybridized carbons (Fsp3) is 0.538. The van der Waals surface area contributed by atoms with E-state index in [9.17, 15) is 19.2 Å². The van der Waals surface area contributed by atoms with Crippen molar-refractivity contribution < 1.29 is 14.0 Å². The molecule has 1 aliphatic carbocycles. The number of likely N-dealkylation sites (tertiary alicyclic amines) is 1. The zero-order valence-corrected chi connectivity index (χ0v) is 19.3. The molecule has 2 saturated heterocycles. The number of hydrogen-bond acceptors (Lipinski definition) is 5.